The Hall–Kier alpha value is -0.573. The van der Waals surface area contributed by atoms with Crippen molar-refractivity contribution in [2.24, 2.45) is 11.8 Å². The van der Waals surface area contributed by atoms with Gasteiger partial charge in [-0.3, -0.25) is 0 Å². The summed E-state index contributed by atoms with van der Waals surface area (Å²) in [4.78, 5) is 11.3. The predicted octanol–water partition coefficient (Wildman–Crippen LogP) is 7.17. The van der Waals surface area contributed by atoms with E-state index >= 15 is 0 Å². The second kappa shape index (κ2) is 14.7. The number of Topliss-reactive ketones (excluding diaryl/α,β-unsaturated/α-hetero) is 1. The van der Waals surface area contributed by atoms with Crippen LogP contribution < -0.4 is 0 Å². The smallest absolute Gasteiger partial charge is 0.191 e. The fourth-order valence-corrected chi connectivity index (χ4v) is 6.43. The fraction of sp³-hybridized carbons (Fsp3) is 0.900. The molecule has 0 amide bonds. The number of rotatable bonds is 13. The highest BCUT2D eigenvalue weighted by molar-refractivity contribution is 6.74. The Morgan fingerprint density at radius 1 is 0.919 bits per heavy atom. The van der Waals surface area contributed by atoms with Crippen molar-refractivity contribution in [3.63, 3.8) is 0 Å². The molecule has 0 aromatic heterocycles. The third-order valence-electron chi connectivity index (χ3n) is 8.82. The summed E-state index contributed by atoms with van der Waals surface area (Å²) in [5.74, 6) is 0.806. The van der Waals surface area contributed by atoms with Gasteiger partial charge in [-0.15, -0.1) is 0 Å². The van der Waals surface area contributed by atoms with Gasteiger partial charge in [-0.25, -0.2) is 0 Å². The normalized spacial score (nSPS) is 31.7. The summed E-state index contributed by atoms with van der Waals surface area (Å²) < 4.78 is 32.1. The van der Waals surface area contributed by atoms with Crippen molar-refractivity contribution < 1.29 is 28.2 Å². The van der Waals surface area contributed by atoms with Gasteiger partial charge in [0, 0.05) is 38.6 Å². The zero-order chi connectivity index (χ0) is 26.9. The summed E-state index contributed by atoms with van der Waals surface area (Å²) in [6, 6.07) is 0. The van der Waals surface area contributed by atoms with Gasteiger partial charge in [0.25, 0.3) is 0 Å². The molecule has 2 saturated heterocycles. The zero-order valence-electron chi connectivity index (χ0n) is 24.5. The van der Waals surface area contributed by atoms with Crippen molar-refractivity contribution in [3.05, 3.63) is 12.2 Å². The summed E-state index contributed by atoms with van der Waals surface area (Å²) in [6.07, 6.45) is 15.2. The molecule has 0 radical (unpaired) electrons. The number of hydrogen-bond donors (Lipinski definition) is 0. The van der Waals surface area contributed by atoms with E-state index in [1.807, 2.05) is 0 Å². The van der Waals surface area contributed by atoms with E-state index < -0.39 is 8.32 Å². The van der Waals surface area contributed by atoms with Crippen molar-refractivity contribution in [1.82, 2.24) is 0 Å². The van der Waals surface area contributed by atoms with Crippen molar-refractivity contribution in [2.45, 2.75) is 141 Å². The van der Waals surface area contributed by atoms with E-state index in [1.165, 1.54) is 0 Å². The topological polar surface area (TPSA) is 63.2 Å². The molecule has 1 saturated carbocycles. The van der Waals surface area contributed by atoms with Gasteiger partial charge >= 0.3 is 0 Å². The quantitative estimate of drug-likeness (QED) is 0.141. The number of ether oxygens (including phenoxy) is 4. The third-order valence-corrected chi connectivity index (χ3v) is 13.3. The maximum absolute atomic E-state index is 11.3. The van der Waals surface area contributed by atoms with Gasteiger partial charge in [0.05, 0.1) is 12.2 Å². The van der Waals surface area contributed by atoms with Crippen molar-refractivity contribution >= 4 is 14.1 Å². The number of carbonyl (C=O) groups excluding carboxylic acids is 1. The first kappa shape index (κ1) is 31.0. The highest BCUT2D eigenvalue weighted by Crippen LogP contribution is 2.43. The minimum Gasteiger partial charge on any atom is -0.416 e. The Labute approximate surface area is 227 Å². The van der Waals surface area contributed by atoms with Gasteiger partial charge in [-0.2, -0.15) is 0 Å². The molecular weight excluding hydrogens is 484 g/mol. The van der Waals surface area contributed by atoms with E-state index in [0.717, 1.165) is 77.4 Å². The average Bonchev–Trinajstić information content (AvgIpc) is 3.15. The van der Waals surface area contributed by atoms with Crippen LogP contribution in [0, 0.1) is 11.8 Å². The van der Waals surface area contributed by atoms with E-state index in [2.05, 4.69) is 46.0 Å². The Morgan fingerprint density at radius 2 is 1.51 bits per heavy atom. The number of hydrogen-bond acceptors (Lipinski definition) is 6. The lowest BCUT2D eigenvalue weighted by molar-refractivity contribution is -0.204. The first-order valence-electron chi connectivity index (χ1n) is 14.9. The first-order valence-corrected chi connectivity index (χ1v) is 17.8. The molecule has 3 fully saturated rings. The van der Waals surface area contributed by atoms with E-state index in [-0.39, 0.29) is 41.5 Å². The van der Waals surface area contributed by atoms with Crippen LogP contribution in [0.15, 0.2) is 12.2 Å². The second-order valence-corrected chi connectivity index (χ2v) is 17.7. The Morgan fingerprint density at radius 3 is 2.03 bits per heavy atom. The standard InChI is InChI=1S/C30H54O6Si/c1-23(31)15-9-7-8-10-16-24-25(22-34-37(5,6)30(2,3)4)27(36-29-18-12-14-20-33-29)21-26(24)35-28-17-11-13-19-32-28/h8,10,24-29H,7,9,11-22H2,1-6H3/b10-8-/t24-,25-,26+,27-,28?,29?/m1/s1. The van der Waals surface area contributed by atoms with Crippen molar-refractivity contribution in [1.29, 1.82) is 0 Å². The van der Waals surface area contributed by atoms with E-state index in [9.17, 15) is 4.79 Å². The van der Waals surface area contributed by atoms with Gasteiger partial charge in [0.1, 0.15) is 5.78 Å². The van der Waals surface area contributed by atoms with Gasteiger partial charge in [-0.05, 0) is 88.8 Å². The van der Waals surface area contributed by atoms with E-state index in [1.54, 1.807) is 6.92 Å². The van der Waals surface area contributed by atoms with Crippen LogP contribution in [0.5, 0.6) is 0 Å². The largest absolute Gasteiger partial charge is 0.416 e. The van der Waals surface area contributed by atoms with Crippen LogP contribution in [0.3, 0.4) is 0 Å². The minimum atomic E-state index is -1.91. The van der Waals surface area contributed by atoms with Gasteiger partial charge in [0.2, 0.25) is 0 Å². The molecule has 0 aromatic rings. The SMILES string of the molecule is CC(=O)CCC/C=C\C[C@@H]1[C@@H](CO[Si](C)(C)C(C)(C)C)[C@H](OC2CCCCO2)C[C@@H]1OC1CCCCO1. The maximum Gasteiger partial charge on any atom is 0.191 e. The van der Waals surface area contributed by atoms with Crippen LogP contribution >= 0.6 is 0 Å². The van der Waals surface area contributed by atoms with Crippen LogP contribution in [0.2, 0.25) is 18.1 Å². The molecule has 3 rings (SSSR count). The molecule has 2 unspecified atom stereocenters. The first-order chi connectivity index (χ1) is 17.6. The van der Waals surface area contributed by atoms with E-state index in [4.69, 9.17) is 23.4 Å². The number of carbonyl (C=O) groups is 1. The lowest BCUT2D eigenvalue weighted by Gasteiger charge is -2.39. The minimum absolute atomic E-state index is 0.0533. The summed E-state index contributed by atoms with van der Waals surface area (Å²) >= 11 is 0. The predicted molar refractivity (Wildman–Crippen MR) is 150 cm³/mol. The molecule has 0 spiro atoms. The van der Waals surface area contributed by atoms with Crippen LogP contribution in [-0.2, 0) is 28.2 Å². The summed E-state index contributed by atoms with van der Waals surface area (Å²) in [5.41, 5.74) is 0. The molecule has 2 heterocycles. The monoisotopic (exact) mass is 538 g/mol. The summed E-state index contributed by atoms with van der Waals surface area (Å²) in [5, 5.41) is 0.159. The molecule has 0 aromatic carbocycles. The van der Waals surface area contributed by atoms with Crippen LogP contribution in [0.25, 0.3) is 0 Å². The lowest BCUT2D eigenvalue weighted by atomic mass is 9.90. The molecular formula is C30H54O6Si. The third kappa shape index (κ3) is 9.84. The van der Waals surface area contributed by atoms with Crippen LogP contribution in [-0.4, -0.2) is 58.7 Å². The van der Waals surface area contributed by atoms with Gasteiger partial charge in [-0.1, -0.05) is 32.9 Å². The Bertz CT molecular complexity index is 705. The molecule has 0 bridgehead atoms. The molecule has 6 nitrogen and oxygen atoms in total. The number of allylic oxidation sites excluding steroid dienone is 2. The molecule has 7 heteroatoms. The molecule has 37 heavy (non-hydrogen) atoms. The number of unbranched alkanes of at least 4 members (excludes halogenated alkanes) is 1. The van der Waals surface area contributed by atoms with Crippen molar-refractivity contribution in [3.8, 4) is 0 Å². The molecule has 0 N–H and O–H groups in total. The second-order valence-electron chi connectivity index (χ2n) is 12.9. The molecule has 214 valence electrons. The average molecular weight is 539 g/mol. The Kier molecular flexibility index (Phi) is 12.3. The van der Waals surface area contributed by atoms with Crippen LogP contribution in [0.1, 0.15) is 98.3 Å². The molecule has 2 aliphatic heterocycles. The summed E-state index contributed by atoms with van der Waals surface area (Å²) in [7, 11) is -1.91. The highest BCUT2D eigenvalue weighted by atomic mass is 28.4. The molecule has 6 atom stereocenters. The lowest BCUT2D eigenvalue weighted by Crippen LogP contribution is -2.44. The van der Waals surface area contributed by atoms with Crippen molar-refractivity contribution in [2.75, 3.05) is 19.8 Å². The van der Waals surface area contributed by atoms with E-state index in [0.29, 0.717) is 18.9 Å². The number of ketones is 1. The Balaban J connectivity index is 1.74. The van der Waals surface area contributed by atoms with Gasteiger partial charge < -0.3 is 28.2 Å². The molecule has 3 aliphatic rings. The fourth-order valence-electron chi connectivity index (χ4n) is 5.39. The van der Waals surface area contributed by atoms with Crippen LogP contribution in [0.4, 0.5) is 0 Å². The zero-order valence-corrected chi connectivity index (χ0v) is 25.5. The maximum atomic E-state index is 11.3. The summed E-state index contributed by atoms with van der Waals surface area (Å²) in [6.45, 7) is 15.5. The molecule has 1 aliphatic carbocycles. The highest BCUT2D eigenvalue weighted by Gasteiger charge is 2.48. The van der Waals surface area contributed by atoms with Gasteiger partial charge in [0.15, 0.2) is 20.9 Å².